The molecule has 1 N–H and O–H groups in total. The predicted molar refractivity (Wildman–Crippen MR) is 90.6 cm³/mol. The molecule has 0 bridgehead atoms. The van der Waals surface area contributed by atoms with Crippen molar-refractivity contribution in [1.29, 1.82) is 0 Å². The number of amides is 1. The molecule has 23 heavy (non-hydrogen) atoms. The Bertz CT molecular complexity index is 715. The van der Waals surface area contributed by atoms with Gasteiger partial charge in [0.1, 0.15) is 22.3 Å². The van der Waals surface area contributed by atoms with Gasteiger partial charge >= 0.3 is 6.09 Å². The molecule has 0 saturated heterocycles. The van der Waals surface area contributed by atoms with Crippen molar-refractivity contribution in [1.82, 2.24) is 4.98 Å². The van der Waals surface area contributed by atoms with Gasteiger partial charge in [0.15, 0.2) is 0 Å². The summed E-state index contributed by atoms with van der Waals surface area (Å²) in [5.41, 5.74) is -0.0678. The minimum atomic E-state index is -0.572. The smallest absolute Gasteiger partial charge is 0.412 e. The molecule has 0 aliphatic heterocycles. The van der Waals surface area contributed by atoms with Crippen LogP contribution in [0.15, 0.2) is 36.5 Å². The zero-order valence-corrected chi connectivity index (χ0v) is 14.4. The summed E-state index contributed by atoms with van der Waals surface area (Å²) in [7, 11) is 0. The summed E-state index contributed by atoms with van der Waals surface area (Å²) in [6.07, 6.45) is 0.979. The van der Waals surface area contributed by atoms with E-state index in [0.29, 0.717) is 27.4 Å². The molecule has 122 valence electrons. The second-order valence-corrected chi connectivity index (χ2v) is 6.48. The third-order valence-electron chi connectivity index (χ3n) is 2.50. The monoisotopic (exact) mass is 354 g/mol. The number of carbonyl (C=O) groups excluding carboxylic acids is 1. The van der Waals surface area contributed by atoms with Crippen molar-refractivity contribution >= 4 is 35.0 Å². The number of carbonyl (C=O) groups is 1. The second-order valence-electron chi connectivity index (χ2n) is 5.69. The minimum Gasteiger partial charge on any atom is -0.456 e. The normalized spacial score (nSPS) is 11.0. The molecule has 0 fully saturated rings. The maximum Gasteiger partial charge on any atom is 0.412 e. The fourth-order valence-corrected chi connectivity index (χ4v) is 2.04. The lowest BCUT2D eigenvalue weighted by atomic mass is 10.2. The van der Waals surface area contributed by atoms with E-state index in [1.165, 1.54) is 6.20 Å². The maximum atomic E-state index is 11.7. The molecule has 2 rings (SSSR count). The van der Waals surface area contributed by atoms with E-state index in [9.17, 15) is 4.79 Å². The average Bonchev–Trinajstić information content (AvgIpc) is 2.40. The summed E-state index contributed by atoms with van der Waals surface area (Å²) in [5.74, 6) is 0.948. The number of rotatable bonds is 3. The lowest BCUT2D eigenvalue weighted by Crippen LogP contribution is -2.27. The fourth-order valence-electron chi connectivity index (χ4n) is 1.66. The Balaban J connectivity index is 2.07. The minimum absolute atomic E-state index is 0.321. The van der Waals surface area contributed by atoms with Gasteiger partial charge in [0.05, 0.1) is 5.02 Å². The van der Waals surface area contributed by atoms with E-state index in [1.807, 2.05) is 0 Å². The fraction of sp³-hybridized carbons (Fsp3) is 0.250. The summed E-state index contributed by atoms with van der Waals surface area (Å²) in [4.78, 5) is 15.6. The van der Waals surface area contributed by atoms with Crippen LogP contribution in [0.4, 0.5) is 10.5 Å². The number of hydrogen-bond donors (Lipinski definition) is 1. The second kappa shape index (κ2) is 7.06. The first-order valence-electron chi connectivity index (χ1n) is 6.82. The Labute approximate surface area is 144 Å². The molecule has 0 radical (unpaired) electrons. The van der Waals surface area contributed by atoms with Crippen LogP contribution in [0.5, 0.6) is 11.5 Å². The Morgan fingerprint density at radius 1 is 1.17 bits per heavy atom. The van der Waals surface area contributed by atoms with E-state index >= 15 is 0 Å². The summed E-state index contributed by atoms with van der Waals surface area (Å²) in [6, 6.07) is 8.11. The van der Waals surface area contributed by atoms with Gasteiger partial charge in [-0.15, -0.1) is 0 Å². The molecule has 1 aromatic heterocycles. The van der Waals surface area contributed by atoms with E-state index in [2.05, 4.69) is 10.3 Å². The molecule has 0 atom stereocenters. The Hall–Kier alpha value is -1.98. The van der Waals surface area contributed by atoms with Gasteiger partial charge in [-0.2, -0.15) is 0 Å². The van der Waals surface area contributed by atoms with Gasteiger partial charge in [-0.1, -0.05) is 23.2 Å². The first-order valence-corrected chi connectivity index (χ1v) is 7.57. The number of anilines is 1. The highest BCUT2D eigenvalue weighted by molar-refractivity contribution is 6.32. The quantitative estimate of drug-likeness (QED) is 0.736. The molecular formula is C16H16Cl2N2O3. The molecule has 0 spiro atoms. The molecule has 7 heteroatoms. The van der Waals surface area contributed by atoms with E-state index in [4.69, 9.17) is 32.7 Å². The van der Waals surface area contributed by atoms with Crippen LogP contribution in [-0.2, 0) is 4.74 Å². The first-order chi connectivity index (χ1) is 10.7. The largest absolute Gasteiger partial charge is 0.456 e. The molecular weight excluding hydrogens is 339 g/mol. The van der Waals surface area contributed by atoms with Crippen molar-refractivity contribution in [3.05, 3.63) is 46.7 Å². The van der Waals surface area contributed by atoms with Gasteiger partial charge in [-0.3, -0.25) is 5.32 Å². The van der Waals surface area contributed by atoms with Crippen molar-refractivity contribution in [3.8, 4) is 11.5 Å². The van der Waals surface area contributed by atoms with E-state index < -0.39 is 11.7 Å². The standard InChI is InChI=1S/C16H16Cl2N2O3/c1-16(2,3)23-15(21)20-10-4-5-13(12(17)8-10)22-11-6-7-19-14(18)9-11/h4-9H,1-3H3,(H,20,21). The van der Waals surface area contributed by atoms with Crippen LogP contribution in [0.1, 0.15) is 20.8 Å². The molecule has 2 aromatic rings. The van der Waals surface area contributed by atoms with Crippen LogP contribution in [0, 0.1) is 0 Å². The predicted octanol–water partition coefficient (Wildman–Crippen LogP) is 5.53. The van der Waals surface area contributed by atoms with Crippen LogP contribution >= 0.6 is 23.2 Å². The van der Waals surface area contributed by atoms with Gasteiger partial charge in [0, 0.05) is 18.0 Å². The zero-order valence-electron chi connectivity index (χ0n) is 12.9. The van der Waals surface area contributed by atoms with Crippen LogP contribution in [0.2, 0.25) is 10.2 Å². The zero-order chi connectivity index (χ0) is 17.0. The van der Waals surface area contributed by atoms with Crippen LogP contribution < -0.4 is 10.1 Å². The average molecular weight is 355 g/mol. The lowest BCUT2D eigenvalue weighted by molar-refractivity contribution is 0.0636. The van der Waals surface area contributed by atoms with Crippen molar-refractivity contribution in [3.63, 3.8) is 0 Å². The van der Waals surface area contributed by atoms with Gasteiger partial charge in [-0.25, -0.2) is 9.78 Å². The molecule has 1 amide bonds. The molecule has 0 aliphatic carbocycles. The van der Waals surface area contributed by atoms with Crippen LogP contribution in [-0.4, -0.2) is 16.7 Å². The number of halogens is 2. The number of ether oxygens (including phenoxy) is 2. The number of nitrogens with zero attached hydrogens (tertiary/aromatic N) is 1. The van der Waals surface area contributed by atoms with Gasteiger partial charge in [-0.05, 0) is 45.0 Å². The van der Waals surface area contributed by atoms with Crippen molar-refractivity contribution in [2.24, 2.45) is 0 Å². The van der Waals surface area contributed by atoms with E-state index in [0.717, 1.165) is 0 Å². The number of pyridine rings is 1. The van der Waals surface area contributed by atoms with E-state index in [1.54, 1.807) is 51.1 Å². The van der Waals surface area contributed by atoms with Crippen LogP contribution in [0.3, 0.4) is 0 Å². The highest BCUT2D eigenvalue weighted by Crippen LogP contribution is 2.32. The van der Waals surface area contributed by atoms with Crippen molar-refractivity contribution in [2.45, 2.75) is 26.4 Å². The third kappa shape index (κ3) is 5.62. The first kappa shape index (κ1) is 17.4. The molecule has 1 aromatic carbocycles. The SMILES string of the molecule is CC(C)(C)OC(=O)Nc1ccc(Oc2ccnc(Cl)c2)c(Cl)c1. The Morgan fingerprint density at radius 3 is 2.52 bits per heavy atom. The molecule has 5 nitrogen and oxygen atoms in total. The molecule has 0 aliphatic rings. The topological polar surface area (TPSA) is 60.5 Å². The number of hydrogen-bond acceptors (Lipinski definition) is 4. The van der Waals surface area contributed by atoms with Crippen molar-refractivity contribution < 1.29 is 14.3 Å². The molecule has 0 unspecified atom stereocenters. The summed E-state index contributed by atoms with van der Waals surface area (Å²) >= 11 is 12.0. The van der Waals surface area contributed by atoms with E-state index in [-0.39, 0.29) is 0 Å². The third-order valence-corrected chi connectivity index (χ3v) is 3.01. The van der Waals surface area contributed by atoms with Gasteiger partial charge < -0.3 is 9.47 Å². The van der Waals surface area contributed by atoms with Crippen LogP contribution in [0.25, 0.3) is 0 Å². The summed E-state index contributed by atoms with van der Waals surface area (Å²) in [5, 5.41) is 3.27. The summed E-state index contributed by atoms with van der Waals surface area (Å²) < 4.78 is 10.8. The lowest BCUT2D eigenvalue weighted by Gasteiger charge is -2.19. The molecule has 1 heterocycles. The molecule has 0 saturated carbocycles. The summed E-state index contributed by atoms with van der Waals surface area (Å²) in [6.45, 7) is 5.36. The Morgan fingerprint density at radius 2 is 1.91 bits per heavy atom. The number of nitrogens with one attached hydrogen (secondary N) is 1. The van der Waals surface area contributed by atoms with Gasteiger partial charge in [0.25, 0.3) is 0 Å². The highest BCUT2D eigenvalue weighted by Gasteiger charge is 2.16. The number of aromatic nitrogens is 1. The van der Waals surface area contributed by atoms with Crippen molar-refractivity contribution in [2.75, 3.05) is 5.32 Å². The number of benzene rings is 1. The highest BCUT2D eigenvalue weighted by atomic mass is 35.5. The Kier molecular flexibility index (Phi) is 5.34. The van der Waals surface area contributed by atoms with Gasteiger partial charge in [0.2, 0.25) is 0 Å². The maximum absolute atomic E-state index is 11.7.